The van der Waals surface area contributed by atoms with Gasteiger partial charge in [-0.25, -0.2) is 9.82 Å². The number of fused-ring (bicyclic) bond motifs is 1. The van der Waals surface area contributed by atoms with Gasteiger partial charge in [0.25, 0.3) is 5.91 Å². The lowest BCUT2D eigenvalue weighted by atomic mass is 10.1. The Bertz CT molecular complexity index is 1230. The molecule has 5 nitrogen and oxygen atoms in total. The summed E-state index contributed by atoms with van der Waals surface area (Å²) >= 11 is 0. The summed E-state index contributed by atoms with van der Waals surface area (Å²) < 4.78 is 15.4. The van der Waals surface area contributed by atoms with Gasteiger partial charge in [0.05, 0.1) is 6.21 Å². The zero-order valence-electron chi connectivity index (χ0n) is 17.0. The fourth-order valence-corrected chi connectivity index (χ4v) is 3.61. The average Bonchev–Trinajstić information content (AvgIpc) is 3.06. The Balaban J connectivity index is 1.58. The molecule has 4 aromatic rings. The van der Waals surface area contributed by atoms with Gasteiger partial charge in [0, 0.05) is 28.7 Å². The first-order valence-electron chi connectivity index (χ1n) is 9.93. The van der Waals surface area contributed by atoms with E-state index in [1.165, 1.54) is 12.1 Å². The maximum absolute atomic E-state index is 13.3. The first kappa shape index (κ1) is 20.5. The van der Waals surface area contributed by atoms with Crippen molar-refractivity contribution in [3.05, 3.63) is 107 Å². The van der Waals surface area contributed by atoms with Crippen molar-refractivity contribution in [3.8, 4) is 0 Å². The number of benzene rings is 3. The lowest BCUT2D eigenvalue weighted by Crippen LogP contribution is -2.25. The van der Waals surface area contributed by atoms with E-state index in [0.29, 0.717) is 12.1 Å². The van der Waals surface area contributed by atoms with Gasteiger partial charge in [-0.05, 0) is 36.2 Å². The molecule has 4 rings (SSSR count). The lowest BCUT2D eigenvalue weighted by molar-refractivity contribution is -0.129. The van der Waals surface area contributed by atoms with E-state index in [1.54, 1.807) is 42.6 Å². The highest BCUT2D eigenvalue weighted by Crippen LogP contribution is 2.25. The van der Waals surface area contributed by atoms with E-state index in [9.17, 15) is 14.3 Å². The molecule has 1 atom stereocenters. The zero-order chi connectivity index (χ0) is 21.8. The standard InChI is InChI=1S/C25H22FN3O2/c1-17-22(15-27-28-25(31)24(30)19-7-3-2-4-8-19)21-9-5-6-10-23(21)29(17)16-18-11-13-20(26)14-12-18/h2-15,24,30H,16H2,1H3,(H,28,31)/b27-15-/t24-/m0/s1. The summed E-state index contributed by atoms with van der Waals surface area (Å²) in [4.78, 5) is 12.2. The molecule has 0 bridgehead atoms. The van der Waals surface area contributed by atoms with Crippen LogP contribution < -0.4 is 5.43 Å². The number of rotatable bonds is 6. The molecule has 0 spiro atoms. The molecule has 0 radical (unpaired) electrons. The molecule has 2 N–H and O–H groups in total. The summed E-state index contributed by atoms with van der Waals surface area (Å²) in [5, 5.41) is 15.3. The van der Waals surface area contributed by atoms with Crippen LogP contribution >= 0.6 is 0 Å². The molecular weight excluding hydrogens is 393 g/mol. The van der Waals surface area contributed by atoms with Gasteiger partial charge in [0.15, 0.2) is 6.10 Å². The summed E-state index contributed by atoms with van der Waals surface area (Å²) in [6.45, 7) is 2.56. The Kier molecular flexibility index (Phi) is 5.91. The fourth-order valence-electron chi connectivity index (χ4n) is 3.61. The molecule has 31 heavy (non-hydrogen) atoms. The Labute approximate surface area is 179 Å². The third-order valence-electron chi connectivity index (χ3n) is 5.27. The van der Waals surface area contributed by atoms with Crippen molar-refractivity contribution in [1.82, 2.24) is 9.99 Å². The predicted octanol–water partition coefficient (Wildman–Crippen LogP) is 4.32. The number of nitrogens with zero attached hydrogens (tertiary/aromatic N) is 2. The van der Waals surface area contributed by atoms with Crippen molar-refractivity contribution >= 4 is 23.0 Å². The first-order valence-corrected chi connectivity index (χ1v) is 9.93. The van der Waals surface area contributed by atoms with Crippen molar-refractivity contribution in [2.24, 2.45) is 5.10 Å². The number of aromatic nitrogens is 1. The number of para-hydroxylation sites is 1. The van der Waals surface area contributed by atoms with Crippen LogP contribution in [-0.2, 0) is 11.3 Å². The van der Waals surface area contributed by atoms with Gasteiger partial charge in [-0.15, -0.1) is 0 Å². The quantitative estimate of drug-likeness (QED) is 0.364. The van der Waals surface area contributed by atoms with Crippen LogP contribution in [0.5, 0.6) is 0 Å². The van der Waals surface area contributed by atoms with Crippen molar-refractivity contribution in [1.29, 1.82) is 0 Å². The third kappa shape index (κ3) is 4.39. The van der Waals surface area contributed by atoms with Crippen molar-refractivity contribution in [2.45, 2.75) is 19.6 Å². The van der Waals surface area contributed by atoms with E-state index < -0.39 is 12.0 Å². The number of carbonyl (C=O) groups excluding carboxylic acids is 1. The highest BCUT2D eigenvalue weighted by Gasteiger charge is 2.17. The Morgan fingerprint density at radius 2 is 1.74 bits per heavy atom. The van der Waals surface area contributed by atoms with Crippen LogP contribution in [0.2, 0.25) is 0 Å². The zero-order valence-corrected chi connectivity index (χ0v) is 17.0. The van der Waals surface area contributed by atoms with E-state index >= 15 is 0 Å². The van der Waals surface area contributed by atoms with Gasteiger partial charge in [-0.1, -0.05) is 60.7 Å². The van der Waals surface area contributed by atoms with Gasteiger partial charge < -0.3 is 9.67 Å². The molecular formula is C25H22FN3O2. The SMILES string of the molecule is Cc1c(/C=N\NC(=O)[C@@H](O)c2ccccc2)c2ccccc2n1Cc1ccc(F)cc1. The van der Waals surface area contributed by atoms with Crippen LogP contribution in [0.3, 0.4) is 0 Å². The molecule has 0 saturated heterocycles. The number of hydrogen-bond donors (Lipinski definition) is 2. The largest absolute Gasteiger partial charge is 0.378 e. The molecule has 0 aliphatic heterocycles. The van der Waals surface area contributed by atoms with Crippen molar-refractivity contribution in [2.75, 3.05) is 0 Å². The maximum Gasteiger partial charge on any atom is 0.273 e. The smallest absolute Gasteiger partial charge is 0.273 e. The highest BCUT2D eigenvalue weighted by atomic mass is 19.1. The second-order valence-electron chi connectivity index (χ2n) is 7.28. The lowest BCUT2D eigenvalue weighted by Gasteiger charge is -2.09. The number of hydrazone groups is 1. The minimum atomic E-state index is -1.29. The summed E-state index contributed by atoms with van der Waals surface area (Å²) in [5.74, 6) is -0.866. The van der Waals surface area contributed by atoms with Crippen molar-refractivity contribution < 1.29 is 14.3 Å². The molecule has 1 aromatic heterocycles. The summed E-state index contributed by atoms with van der Waals surface area (Å²) in [5.41, 5.74) is 6.75. The minimum absolute atomic E-state index is 0.265. The summed E-state index contributed by atoms with van der Waals surface area (Å²) in [6.07, 6.45) is 0.299. The van der Waals surface area contributed by atoms with Crippen LogP contribution in [0.1, 0.15) is 28.5 Å². The molecule has 0 unspecified atom stereocenters. The highest BCUT2D eigenvalue weighted by molar-refractivity contribution is 6.01. The molecule has 6 heteroatoms. The van der Waals surface area contributed by atoms with Crippen LogP contribution in [0.25, 0.3) is 10.9 Å². The summed E-state index contributed by atoms with van der Waals surface area (Å²) in [6, 6.07) is 23.0. The maximum atomic E-state index is 13.3. The number of hydrogen-bond acceptors (Lipinski definition) is 3. The van der Waals surface area contributed by atoms with E-state index in [0.717, 1.165) is 27.7 Å². The summed E-state index contributed by atoms with van der Waals surface area (Å²) in [7, 11) is 0. The molecule has 0 fully saturated rings. The van der Waals surface area contributed by atoms with Gasteiger partial charge in [-0.3, -0.25) is 4.79 Å². The van der Waals surface area contributed by atoms with Gasteiger partial charge in [-0.2, -0.15) is 5.10 Å². The molecule has 0 aliphatic rings. The van der Waals surface area contributed by atoms with Crippen LogP contribution in [0.15, 0.2) is 84.0 Å². The normalized spacial score (nSPS) is 12.4. The second-order valence-corrected chi connectivity index (χ2v) is 7.28. The predicted molar refractivity (Wildman–Crippen MR) is 119 cm³/mol. The Morgan fingerprint density at radius 1 is 1.06 bits per heavy atom. The monoisotopic (exact) mass is 415 g/mol. The molecule has 0 saturated carbocycles. The number of aliphatic hydroxyl groups excluding tert-OH is 1. The van der Waals surface area contributed by atoms with Crippen LogP contribution in [0, 0.1) is 12.7 Å². The number of carbonyl (C=O) groups is 1. The first-order chi connectivity index (χ1) is 15.0. The third-order valence-corrected chi connectivity index (χ3v) is 5.27. The molecule has 156 valence electrons. The molecule has 0 aliphatic carbocycles. The van der Waals surface area contributed by atoms with Gasteiger partial charge in [0.2, 0.25) is 0 Å². The Morgan fingerprint density at radius 3 is 2.48 bits per heavy atom. The van der Waals surface area contributed by atoms with Gasteiger partial charge >= 0.3 is 0 Å². The number of halogens is 1. The second kappa shape index (κ2) is 8.93. The minimum Gasteiger partial charge on any atom is -0.378 e. The molecule has 1 amide bonds. The fraction of sp³-hybridized carbons (Fsp3) is 0.120. The van der Waals surface area contributed by atoms with E-state index in [-0.39, 0.29) is 5.82 Å². The van der Waals surface area contributed by atoms with Crippen LogP contribution in [0.4, 0.5) is 4.39 Å². The molecule has 1 heterocycles. The topological polar surface area (TPSA) is 66.6 Å². The molecule has 3 aromatic carbocycles. The number of nitrogens with one attached hydrogen (secondary N) is 1. The Hall–Kier alpha value is -3.77. The number of aliphatic hydroxyl groups is 1. The average molecular weight is 415 g/mol. The van der Waals surface area contributed by atoms with E-state index in [4.69, 9.17) is 0 Å². The van der Waals surface area contributed by atoms with Crippen LogP contribution in [-0.4, -0.2) is 21.8 Å². The number of amides is 1. The van der Waals surface area contributed by atoms with E-state index in [2.05, 4.69) is 15.1 Å². The van der Waals surface area contributed by atoms with Crippen molar-refractivity contribution in [3.63, 3.8) is 0 Å². The van der Waals surface area contributed by atoms with Gasteiger partial charge in [0.1, 0.15) is 5.82 Å². The van der Waals surface area contributed by atoms with E-state index in [1.807, 2.05) is 37.3 Å².